The molecule has 3 aromatic carbocycles. The lowest BCUT2D eigenvalue weighted by molar-refractivity contribution is -0.384. The van der Waals surface area contributed by atoms with Crippen LogP contribution < -0.4 is 15.7 Å². The summed E-state index contributed by atoms with van der Waals surface area (Å²) in [5.74, 6) is 0.509. The van der Waals surface area contributed by atoms with Crippen LogP contribution in [0.3, 0.4) is 0 Å². The van der Waals surface area contributed by atoms with Crippen molar-refractivity contribution in [2.45, 2.75) is 0 Å². The van der Waals surface area contributed by atoms with Gasteiger partial charge in [0, 0.05) is 22.7 Å². The van der Waals surface area contributed by atoms with E-state index in [2.05, 4.69) is 10.5 Å². The molecular weight excluding hydrogens is 401 g/mol. The minimum atomic E-state index is -0.442. The van der Waals surface area contributed by atoms with Crippen molar-refractivity contribution in [1.82, 2.24) is 5.43 Å². The van der Waals surface area contributed by atoms with Crippen LogP contribution >= 0.6 is 23.2 Å². The summed E-state index contributed by atoms with van der Waals surface area (Å²) in [6, 6.07) is 20.8. The lowest BCUT2D eigenvalue weighted by Gasteiger charge is -2.28. The monoisotopic (exact) mass is 413 g/mol. The lowest BCUT2D eigenvalue weighted by Crippen LogP contribution is -2.44. The Morgan fingerprint density at radius 2 is 1.68 bits per heavy atom. The molecule has 140 valence electrons. The Morgan fingerprint density at radius 1 is 0.964 bits per heavy atom. The first-order chi connectivity index (χ1) is 13.5. The number of rotatable bonds is 4. The van der Waals surface area contributed by atoms with E-state index in [1.807, 2.05) is 30.3 Å². The van der Waals surface area contributed by atoms with Gasteiger partial charge in [0.25, 0.3) is 5.69 Å². The first kappa shape index (κ1) is 18.1. The minimum Gasteiger partial charge on any atom is -0.259 e. The molecule has 28 heavy (non-hydrogen) atoms. The molecule has 0 unspecified atom stereocenters. The van der Waals surface area contributed by atoms with Crippen molar-refractivity contribution >= 4 is 46.1 Å². The molecule has 0 radical (unpaired) electrons. The molecule has 1 aliphatic heterocycles. The number of halogens is 2. The maximum atomic E-state index is 10.9. The van der Waals surface area contributed by atoms with Crippen LogP contribution in [0.15, 0.2) is 77.9 Å². The molecule has 0 fully saturated rings. The van der Waals surface area contributed by atoms with Gasteiger partial charge in [0.15, 0.2) is 5.84 Å². The van der Waals surface area contributed by atoms with Gasteiger partial charge in [-0.2, -0.15) is 10.2 Å². The van der Waals surface area contributed by atoms with E-state index in [-0.39, 0.29) is 5.69 Å². The molecule has 1 N–H and O–H groups in total. The molecule has 0 aliphatic carbocycles. The zero-order valence-electron chi connectivity index (χ0n) is 14.3. The second-order valence-corrected chi connectivity index (χ2v) is 6.74. The van der Waals surface area contributed by atoms with E-state index in [9.17, 15) is 10.1 Å². The quantitative estimate of drug-likeness (QED) is 0.480. The number of benzene rings is 3. The number of hydrazine groups is 2. The van der Waals surface area contributed by atoms with Crippen LogP contribution in [0.1, 0.15) is 5.56 Å². The van der Waals surface area contributed by atoms with E-state index in [4.69, 9.17) is 23.2 Å². The summed E-state index contributed by atoms with van der Waals surface area (Å²) in [5, 5.41) is 19.8. The van der Waals surface area contributed by atoms with Crippen molar-refractivity contribution in [2.75, 3.05) is 10.2 Å². The van der Waals surface area contributed by atoms with Crippen molar-refractivity contribution in [1.29, 1.82) is 0 Å². The Hall–Kier alpha value is -3.29. The summed E-state index contributed by atoms with van der Waals surface area (Å²) in [5.41, 5.74) is 5.29. The normalized spacial score (nSPS) is 13.3. The molecule has 7 nitrogen and oxygen atoms in total. The number of amidine groups is 1. The Kier molecular flexibility index (Phi) is 4.77. The number of nitrogens with one attached hydrogen (secondary N) is 1. The minimum absolute atomic E-state index is 0.0111. The molecule has 0 saturated carbocycles. The first-order valence-corrected chi connectivity index (χ1v) is 8.99. The third-order valence-electron chi connectivity index (χ3n) is 4.07. The van der Waals surface area contributed by atoms with Crippen molar-refractivity contribution in [2.24, 2.45) is 5.10 Å². The lowest BCUT2D eigenvalue weighted by atomic mass is 10.2. The second kappa shape index (κ2) is 7.38. The Labute approximate surface area is 170 Å². The van der Waals surface area contributed by atoms with Gasteiger partial charge in [-0.05, 0) is 42.5 Å². The predicted molar refractivity (Wildman–Crippen MR) is 111 cm³/mol. The topological polar surface area (TPSA) is 74.0 Å². The highest BCUT2D eigenvalue weighted by Crippen LogP contribution is 2.33. The van der Waals surface area contributed by atoms with Gasteiger partial charge in [-0.25, -0.2) is 0 Å². The highest BCUT2D eigenvalue weighted by atomic mass is 35.5. The van der Waals surface area contributed by atoms with Gasteiger partial charge in [-0.1, -0.05) is 41.4 Å². The summed E-state index contributed by atoms with van der Waals surface area (Å²) in [6.07, 6.45) is 0. The SMILES string of the molecule is O=[N+]([O-])c1ccc(C2=NN(c3ccccc3)N(c3cc(Cl)ccc3Cl)N2)cc1. The zero-order chi connectivity index (χ0) is 19.7. The van der Waals surface area contributed by atoms with Gasteiger partial charge in [-0.3, -0.25) is 15.5 Å². The summed E-state index contributed by atoms with van der Waals surface area (Å²) >= 11 is 12.5. The fourth-order valence-corrected chi connectivity index (χ4v) is 3.08. The zero-order valence-corrected chi connectivity index (χ0v) is 15.8. The highest BCUT2D eigenvalue weighted by Gasteiger charge is 2.28. The Bertz CT molecular complexity index is 1060. The van der Waals surface area contributed by atoms with E-state index in [0.29, 0.717) is 27.1 Å². The van der Waals surface area contributed by atoms with Crippen molar-refractivity contribution in [3.8, 4) is 0 Å². The fourth-order valence-electron chi connectivity index (χ4n) is 2.72. The van der Waals surface area contributed by atoms with E-state index in [0.717, 1.165) is 5.69 Å². The molecule has 9 heteroatoms. The molecule has 1 heterocycles. The molecule has 3 aromatic rings. The third-order valence-corrected chi connectivity index (χ3v) is 4.63. The van der Waals surface area contributed by atoms with Crippen LogP contribution in [0.4, 0.5) is 17.1 Å². The van der Waals surface area contributed by atoms with E-state index >= 15 is 0 Å². The summed E-state index contributed by atoms with van der Waals surface area (Å²) in [6.45, 7) is 0. The van der Waals surface area contributed by atoms with E-state index in [1.165, 1.54) is 12.1 Å². The third kappa shape index (κ3) is 3.45. The van der Waals surface area contributed by atoms with Gasteiger partial charge >= 0.3 is 0 Å². The molecule has 0 saturated heterocycles. The standard InChI is InChI=1S/C19H13Cl2N5O2/c20-14-8-11-17(21)18(12-14)25-23-19(13-6-9-16(10-7-13)26(27)28)22-24(25)15-4-2-1-3-5-15/h1-12H,(H,22,23). The first-order valence-electron chi connectivity index (χ1n) is 8.23. The van der Waals surface area contributed by atoms with E-state index < -0.39 is 4.92 Å². The van der Waals surface area contributed by atoms with Crippen LogP contribution in [-0.2, 0) is 0 Å². The van der Waals surface area contributed by atoms with Gasteiger partial charge in [0.1, 0.15) is 5.69 Å². The number of hydrazone groups is 1. The predicted octanol–water partition coefficient (Wildman–Crippen LogP) is 5.01. The number of anilines is 2. The smallest absolute Gasteiger partial charge is 0.259 e. The van der Waals surface area contributed by atoms with Crippen molar-refractivity contribution < 1.29 is 4.92 Å². The average molecular weight is 414 g/mol. The number of nitrogens with zero attached hydrogens (tertiary/aromatic N) is 4. The van der Waals surface area contributed by atoms with E-state index in [1.54, 1.807) is 40.6 Å². The molecule has 0 atom stereocenters. The number of non-ortho nitro benzene ring substituents is 1. The van der Waals surface area contributed by atoms with Gasteiger partial charge in [0.2, 0.25) is 0 Å². The number of para-hydroxylation sites is 1. The molecule has 0 spiro atoms. The van der Waals surface area contributed by atoms with Crippen molar-refractivity contribution in [3.63, 3.8) is 0 Å². The van der Waals surface area contributed by atoms with Gasteiger partial charge in [-0.15, -0.1) is 5.10 Å². The number of hydrogen-bond donors (Lipinski definition) is 1. The fraction of sp³-hybridized carbons (Fsp3) is 0. The van der Waals surface area contributed by atoms with Crippen LogP contribution in [0, 0.1) is 10.1 Å². The van der Waals surface area contributed by atoms with Gasteiger partial charge in [0.05, 0.1) is 15.6 Å². The van der Waals surface area contributed by atoms with Crippen LogP contribution in [0.25, 0.3) is 0 Å². The second-order valence-electron chi connectivity index (χ2n) is 5.90. The molecule has 1 aliphatic rings. The Balaban J connectivity index is 1.75. The molecule has 0 bridgehead atoms. The maximum Gasteiger partial charge on any atom is 0.269 e. The van der Waals surface area contributed by atoms with Crippen LogP contribution in [0.5, 0.6) is 0 Å². The Morgan fingerprint density at radius 3 is 2.36 bits per heavy atom. The average Bonchev–Trinajstić information content (AvgIpc) is 3.16. The van der Waals surface area contributed by atoms with Crippen LogP contribution in [-0.4, -0.2) is 10.8 Å². The number of nitro benzene ring substituents is 1. The maximum absolute atomic E-state index is 10.9. The van der Waals surface area contributed by atoms with Crippen molar-refractivity contribution in [3.05, 3.63) is 98.5 Å². The molecule has 0 amide bonds. The number of nitro groups is 1. The summed E-state index contributed by atoms with van der Waals surface area (Å²) in [4.78, 5) is 10.5. The molecule has 4 rings (SSSR count). The molecular formula is C19H13Cl2N5O2. The van der Waals surface area contributed by atoms with Crippen LogP contribution in [0.2, 0.25) is 10.0 Å². The molecule has 0 aromatic heterocycles. The highest BCUT2D eigenvalue weighted by molar-refractivity contribution is 6.35. The summed E-state index contributed by atoms with van der Waals surface area (Å²) in [7, 11) is 0. The summed E-state index contributed by atoms with van der Waals surface area (Å²) < 4.78 is 0. The van der Waals surface area contributed by atoms with Gasteiger partial charge < -0.3 is 0 Å². The number of hydrogen-bond acceptors (Lipinski definition) is 6. The largest absolute Gasteiger partial charge is 0.269 e.